The van der Waals surface area contributed by atoms with Crippen molar-refractivity contribution in [1.29, 1.82) is 0 Å². The molecule has 2 saturated heterocycles. The number of anilines is 2. The first kappa shape index (κ1) is 27.4. The van der Waals surface area contributed by atoms with Crippen LogP contribution < -0.4 is 19.9 Å². The highest BCUT2D eigenvalue weighted by atomic mass is 33.1. The van der Waals surface area contributed by atoms with Crippen LogP contribution in [0.1, 0.15) is 6.42 Å². The summed E-state index contributed by atoms with van der Waals surface area (Å²) in [5.74, 6) is 4.49. The van der Waals surface area contributed by atoms with Crippen molar-refractivity contribution in [2.24, 2.45) is 0 Å². The van der Waals surface area contributed by atoms with E-state index in [1.165, 1.54) is 23.7 Å². The summed E-state index contributed by atoms with van der Waals surface area (Å²) in [6.07, 6.45) is 3.08. The van der Waals surface area contributed by atoms with E-state index in [4.69, 9.17) is 4.74 Å². The summed E-state index contributed by atoms with van der Waals surface area (Å²) in [5, 5.41) is 3.57. The van der Waals surface area contributed by atoms with Gasteiger partial charge in [0.05, 0.1) is 12.8 Å². The molecule has 0 amide bonds. The molecule has 198 valence electrons. The smallest absolute Gasteiger partial charge is 0.142 e. The molecular formula is C27H42N6OS2. The Morgan fingerprint density at radius 1 is 0.861 bits per heavy atom. The zero-order valence-corrected chi connectivity index (χ0v) is 23.3. The van der Waals surface area contributed by atoms with Crippen LogP contribution in [0.25, 0.3) is 0 Å². The van der Waals surface area contributed by atoms with Gasteiger partial charge in [-0.1, -0.05) is 39.8 Å². The van der Waals surface area contributed by atoms with Crippen LogP contribution >= 0.6 is 21.6 Å². The fourth-order valence-electron chi connectivity index (χ4n) is 4.83. The van der Waals surface area contributed by atoms with E-state index < -0.39 is 0 Å². The summed E-state index contributed by atoms with van der Waals surface area (Å²) < 4.78 is 5.58. The van der Waals surface area contributed by atoms with Gasteiger partial charge in [-0.2, -0.15) is 0 Å². The number of nitrogens with zero attached hydrogens (tertiary/aromatic N) is 5. The fourth-order valence-corrected chi connectivity index (χ4v) is 6.80. The van der Waals surface area contributed by atoms with Crippen molar-refractivity contribution in [1.82, 2.24) is 20.1 Å². The lowest BCUT2D eigenvalue weighted by Gasteiger charge is -2.37. The fraction of sp³-hybridized carbons (Fsp3) is 0.593. The molecule has 2 aliphatic heterocycles. The molecular weight excluding hydrogens is 488 g/mol. The van der Waals surface area contributed by atoms with Gasteiger partial charge in [0.1, 0.15) is 11.6 Å². The number of piperazine rings is 1. The topological polar surface area (TPSA) is 47.1 Å². The summed E-state index contributed by atoms with van der Waals surface area (Å²) in [4.78, 5) is 14.8. The number of nitrogens with one attached hydrogen (secondary N) is 1. The summed E-state index contributed by atoms with van der Waals surface area (Å²) in [6, 6.07) is 14.6. The van der Waals surface area contributed by atoms with E-state index in [0.717, 1.165) is 90.0 Å². The van der Waals surface area contributed by atoms with Crippen molar-refractivity contribution in [2.75, 3.05) is 107 Å². The van der Waals surface area contributed by atoms with Gasteiger partial charge < -0.3 is 24.8 Å². The molecule has 3 heterocycles. The van der Waals surface area contributed by atoms with E-state index in [1.807, 2.05) is 39.9 Å². The molecule has 0 aliphatic carbocycles. The summed E-state index contributed by atoms with van der Waals surface area (Å²) >= 11 is 0. The van der Waals surface area contributed by atoms with Crippen molar-refractivity contribution >= 4 is 33.1 Å². The van der Waals surface area contributed by atoms with Crippen LogP contribution in [0, 0.1) is 0 Å². The SMILES string of the molecule is COc1ccccc1N1CCN(CCN(CCCN2CCNCCSSCC2)c2ccccn2)CC1. The first-order chi connectivity index (χ1) is 17.8. The monoisotopic (exact) mass is 530 g/mol. The maximum absolute atomic E-state index is 5.58. The lowest BCUT2D eigenvalue weighted by molar-refractivity contribution is 0.259. The Balaban J connectivity index is 1.25. The average molecular weight is 531 g/mol. The number of rotatable bonds is 10. The van der Waals surface area contributed by atoms with Gasteiger partial charge in [-0.05, 0) is 37.2 Å². The minimum Gasteiger partial charge on any atom is -0.495 e. The van der Waals surface area contributed by atoms with Crippen LogP contribution in [0.2, 0.25) is 0 Å². The predicted octanol–water partition coefficient (Wildman–Crippen LogP) is 3.40. The number of hydrogen-bond donors (Lipinski definition) is 1. The Morgan fingerprint density at radius 3 is 2.50 bits per heavy atom. The molecule has 0 atom stereocenters. The largest absolute Gasteiger partial charge is 0.495 e. The first-order valence-corrected chi connectivity index (χ1v) is 15.8. The lowest BCUT2D eigenvalue weighted by Crippen LogP contribution is -2.48. The van der Waals surface area contributed by atoms with Crippen molar-refractivity contribution in [3.8, 4) is 5.75 Å². The van der Waals surface area contributed by atoms with Gasteiger partial charge in [0.25, 0.3) is 0 Å². The normalized spacial score (nSPS) is 18.6. The quantitative estimate of drug-likeness (QED) is 0.466. The third kappa shape index (κ3) is 8.73. The molecule has 4 rings (SSSR count). The van der Waals surface area contributed by atoms with Crippen LogP contribution in [0.4, 0.5) is 11.5 Å². The minimum atomic E-state index is 0.964. The Labute approximate surface area is 225 Å². The number of aromatic nitrogens is 1. The van der Waals surface area contributed by atoms with Gasteiger partial charge >= 0.3 is 0 Å². The summed E-state index contributed by atoms with van der Waals surface area (Å²) in [5.41, 5.74) is 1.21. The van der Waals surface area contributed by atoms with Crippen LogP contribution in [0.15, 0.2) is 48.7 Å². The van der Waals surface area contributed by atoms with Gasteiger partial charge in [-0.25, -0.2) is 4.98 Å². The molecule has 1 aromatic carbocycles. The number of methoxy groups -OCH3 is 1. The van der Waals surface area contributed by atoms with Gasteiger partial charge in [0.15, 0.2) is 0 Å². The first-order valence-electron chi connectivity index (χ1n) is 13.3. The van der Waals surface area contributed by atoms with E-state index in [2.05, 4.69) is 60.2 Å². The molecule has 9 heteroatoms. The maximum atomic E-state index is 5.58. The van der Waals surface area contributed by atoms with Crippen LogP contribution in [0.3, 0.4) is 0 Å². The van der Waals surface area contributed by atoms with E-state index in [1.54, 1.807) is 7.11 Å². The Morgan fingerprint density at radius 2 is 1.67 bits per heavy atom. The molecule has 0 bridgehead atoms. The van der Waals surface area contributed by atoms with Crippen molar-refractivity contribution in [2.45, 2.75) is 6.42 Å². The lowest BCUT2D eigenvalue weighted by atomic mass is 10.2. The second kappa shape index (κ2) is 15.6. The van der Waals surface area contributed by atoms with Crippen molar-refractivity contribution in [3.63, 3.8) is 0 Å². The number of pyridine rings is 1. The second-order valence-electron chi connectivity index (χ2n) is 9.26. The second-order valence-corrected chi connectivity index (χ2v) is 12.0. The van der Waals surface area contributed by atoms with E-state index in [-0.39, 0.29) is 0 Å². The van der Waals surface area contributed by atoms with Gasteiger partial charge in [0, 0.05) is 89.7 Å². The molecule has 2 fully saturated rings. The molecule has 7 nitrogen and oxygen atoms in total. The molecule has 0 saturated carbocycles. The Bertz CT molecular complexity index is 858. The molecule has 0 unspecified atom stereocenters. The van der Waals surface area contributed by atoms with E-state index >= 15 is 0 Å². The zero-order valence-electron chi connectivity index (χ0n) is 21.7. The molecule has 2 aromatic rings. The molecule has 0 radical (unpaired) electrons. The van der Waals surface area contributed by atoms with Crippen molar-refractivity contribution in [3.05, 3.63) is 48.7 Å². The average Bonchev–Trinajstić information content (AvgIpc) is 2.94. The highest BCUT2D eigenvalue weighted by molar-refractivity contribution is 8.76. The number of para-hydroxylation sites is 2. The molecule has 1 N–H and O–H groups in total. The maximum Gasteiger partial charge on any atom is 0.142 e. The van der Waals surface area contributed by atoms with Crippen LogP contribution in [0.5, 0.6) is 5.75 Å². The van der Waals surface area contributed by atoms with Gasteiger partial charge in [0.2, 0.25) is 0 Å². The summed E-state index contributed by atoms with van der Waals surface area (Å²) in [7, 11) is 5.77. The van der Waals surface area contributed by atoms with Crippen LogP contribution in [-0.2, 0) is 0 Å². The Kier molecular flexibility index (Phi) is 11.8. The third-order valence-corrected chi connectivity index (χ3v) is 9.29. The molecule has 1 aromatic heterocycles. The summed E-state index contributed by atoms with van der Waals surface area (Å²) in [6.45, 7) is 13.0. The number of hydrogen-bond acceptors (Lipinski definition) is 9. The minimum absolute atomic E-state index is 0.964. The standard InChI is InChI=1S/C27H42N6OS2/c1-34-26-8-3-2-7-25(26)32-19-16-31(17-20-32)18-21-33(27-9-4-5-10-29-27)14-6-13-30-15-11-28-12-23-35-36-24-22-30/h2-5,7-10,28H,6,11-24H2,1H3. The van der Waals surface area contributed by atoms with Gasteiger partial charge in [-0.3, -0.25) is 4.90 Å². The third-order valence-electron chi connectivity index (χ3n) is 6.90. The highest BCUT2D eigenvalue weighted by Crippen LogP contribution is 2.28. The van der Waals surface area contributed by atoms with E-state index in [0.29, 0.717) is 0 Å². The molecule has 0 spiro atoms. The Hall–Kier alpha value is -1.65. The van der Waals surface area contributed by atoms with Crippen molar-refractivity contribution < 1.29 is 4.74 Å². The predicted molar refractivity (Wildman–Crippen MR) is 157 cm³/mol. The van der Waals surface area contributed by atoms with Crippen LogP contribution in [-0.4, -0.2) is 112 Å². The van der Waals surface area contributed by atoms with E-state index in [9.17, 15) is 0 Å². The number of benzene rings is 1. The molecule has 36 heavy (non-hydrogen) atoms. The van der Waals surface area contributed by atoms with Gasteiger partial charge in [-0.15, -0.1) is 0 Å². The number of ether oxygens (including phenoxy) is 1. The highest BCUT2D eigenvalue weighted by Gasteiger charge is 2.20. The zero-order chi connectivity index (χ0) is 24.8. The molecule has 2 aliphatic rings.